The first-order chi connectivity index (χ1) is 21.5. The van der Waals surface area contributed by atoms with Crippen LogP contribution in [-0.4, -0.2) is 44.6 Å². The zero-order valence-electron chi connectivity index (χ0n) is 25.5. The van der Waals surface area contributed by atoms with Crippen molar-refractivity contribution in [3.05, 3.63) is 89.7 Å². The van der Waals surface area contributed by atoms with E-state index in [4.69, 9.17) is 0 Å². The number of nitrogens with one attached hydrogen (secondary N) is 1. The number of ether oxygens (including phenoxy) is 1. The molecule has 4 aromatic rings. The Kier molecular flexibility index (Phi) is 9.81. The number of alkyl halides is 3. The average Bonchev–Trinajstić information content (AvgIpc) is 3.50. The maximum Gasteiger partial charge on any atom is 0.573 e. The number of aryl methyl sites for hydroxylation is 1. The fourth-order valence-electron chi connectivity index (χ4n) is 5.13. The molecule has 5 rings (SSSR count). The Morgan fingerprint density at radius 2 is 1.82 bits per heavy atom. The molecule has 0 saturated carbocycles. The lowest BCUT2D eigenvalue weighted by molar-refractivity contribution is -0.274. The number of amides is 2. The highest BCUT2D eigenvalue weighted by atomic mass is 32.2. The van der Waals surface area contributed by atoms with Crippen molar-refractivity contribution in [2.24, 2.45) is 4.99 Å². The van der Waals surface area contributed by atoms with E-state index in [0.29, 0.717) is 29.0 Å². The monoisotopic (exact) mass is 636 g/mol. The number of amidine groups is 1. The zero-order valence-corrected chi connectivity index (χ0v) is 26.3. The molecule has 1 unspecified atom stereocenters. The van der Waals surface area contributed by atoms with Crippen molar-refractivity contribution in [2.45, 2.75) is 58.9 Å². The number of benzene rings is 3. The van der Waals surface area contributed by atoms with E-state index in [2.05, 4.69) is 69.0 Å². The fourth-order valence-corrected chi connectivity index (χ4v) is 6.07. The van der Waals surface area contributed by atoms with Crippen molar-refractivity contribution < 1.29 is 22.7 Å². The van der Waals surface area contributed by atoms with Gasteiger partial charge in [0.1, 0.15) is 12.1 Å². The Hall–Kier alpha value is -4.32. The predicted octanol–water partition coefficient (Wildman–Crippen LogP) is 8.42. The van der Waals surface area contributed by atoms with Crippen LogP contribution in [0.2, 0.25) is 0 Å². The second kappa shape index (κ2) is 13.8. The molecule has 2 heterocycles. The molecule has 2 amide bonds. The van der Waals surface area contributed by atoms with E-state index in [1.807, 2.05) is 31.2 Å². The molecule has 0 radical (unpaired) electrons. The van der Waals surface area contributed by atoms with Crippen LogP contribution in [0.5, 0.6) is 5.75 Å². The van der Waals surface area contributed by atoms with E-state index in [1.54, 1.807) is 11.8 Å². The SMILES string of the molecule is CCC(NC(=O)N=C1SCCCN1c1cc(C)ccc1C(C)C)c1ccc(-c2ncn(-c3ccc(OC(F)(F)F)cc3)n2)cc1. The van der Waals surface area contributed by atoms with Gasteiger partial charge in [0, 0.05) is 23.5 Å². The summed E-state index contributed by atoms with van der Waals surface area (Å²) in [7, 11) is 0. The summed E-state index contributed by atoms with van der Waals surface area (Å²) in [6.07, 6.45) is -1.58. The van der Waals surface area contributed by atoms with Gasteiger partial charge in [-0.3, -0.25) is 0 Å². The van der Waals surface area contributed by atoms with Crippen LogP contribution in [0.3, 0.4) is 0 Å². The number of halogens is 3. The number of carbonyl (C=O) groups excluding carboxylic acids is 1. The number of carbonyl (C=O) groups is 1. The topological polar surface area (TPSA) is 84.6 Å². The molecule has 1 saturated heterocycles. The molecular formula is C33H35F3N6O2S. The molecule has 0 spiro atoms. The van der Waals surface area contributed by atoms with Crippen LogP contribution in [0, 0.1) is 6.92 Å². The van der Waals surface area contributed by atoms with Crippen LogP contribution >= 0.6 is 11.8 Å². The van der Waals surface area contributed by atoms with E-state index in [9.17, 15) is 18.0 Å². The summed E-state index contributed by atoms with van der Waals surface area (Å²) in [5.41, 5.74) is 5.71. The van der Waals surface area contributed by atoms with Crippen LogP contribution in [0.25, 0.3) is 17.1 Å². The number of urea groups is 1. The summed E-state index contributed by atoms with van der Waals surface area (Å²) in [5, 5.41) is 8.25. The molecule has 3 aromatic carbocycles. The molecular weight excluding hydrogens is 601 g/mol. The molecule has 1 fully saturated rings. The van der Waals surface area contributed by atoms with Crippen LogP contribution < -0.4 is 15.0 Å². The van der Waals surface area contributed by atoms with Crippen LogP contribution in [0.1, 0.15) is 62.3 Å². The molecule has 1 aliphatic rings. The van der Waals surface area contributed by atoms with E-state index < -0.39 is 6.36 Å². The van der Waals surface area contributed by atoms with Gasteiger partial charge in [-0.25, -0.2) is 14.5 Å². The third kappa shape index (κ3) is 8.05. The maximum absolute atomic E-state index is 13.2. The lowest BCUT2D eigenvalue weighted by Gasteiger charge is -2.32. The van der Waals surface area contributed by atoms with Gasteiger partial charge in [-0.15, -0.1) is 18.3 Å². The quantitative estimate of drug-likeness (QED) is 0.209. The largest absolute Gasteiger partial charge is 0.573 e. The first kappa shape index (κ1) is 32.1. The van der Waals surface area contributed by atoms with E-state index >= 15 is 0 Å². The Morgan fingerprint density at radius 1 is 1.09 bits per heavy atom. The van der Waals surface area contributed by atoms with Crippen LogP contribution in [-0.2, 0) is 0 Å². The van der Waals surface area contributed by atoms with Crippen molar-refractivity contribution in [3.8, 4) is 22.8 Å². The molecule has 1 atom stereocenters. The summed E-state index contributed by atoms with van der Waals surface area (Å²) in [6.45, 7) is 9.23. The van der Waals surface area contributed by atoms with E-state index in [1.165, 1.54) is 46.4 Å². The van der Waals surface area contributed by atoms with Crippen molar-refractivity contribution >= 4 is 28.6 Å². The first-order valence-electron chi connectivity index (χ1n) is 14.8. The van der Waals surface area contributed by atoms with Crippen molar-refractivity contribution in [1.29, 1.82) is 0 Å². The second-order valence-corrected chi connectivity index (χ2v) is 12.1. The van der Waals surface area contributed by atoms with Crippen molar-refractivity contribution in [2.75, 3.05) is 17.2 Å². The van der Waals surface area contributed by atoms with Crippen molar-refractivity contribution in [1.82, 2.24) is 20.1 Å². The van der Waals surface area contributed by atoms with Gasteiger partial charge in [-0.2, -0.15) is 4.99 Å². The highest BCUT2D eigenvalue weighted by molar-refractivity contribution is 8.14. The molecule has 1 N–H and O–H groups in total. The minimum Gasteiger partial charge on any atom is -0.406 e. The average molecular weight is 637 g/mol. The van der Waals surface area contributed by atoms with Gasteiger partial charge in [0.05, 0.1) is 11.7 Å². The van der Waals surface area contributed by atoms with E-state index in [0.717, 1.165) is 35.5 Å². The van der Waals surface area contributed by atoms with Crippen LogP contribution in [0.15, 0.2) is 78.0 Å². The number of nitrogens with zero attached hydrogens (tertiary/aromatic N) is 5. The molecule has 12 heteroatoms. The molecule has 0 bridgehead atoms. The highest BCUT2D eigenvalue weighted by Crippen LogP contribution is 2.33. The van der Waals surface area contributed by atoms with Gasteiger partial charge in [0.15, 0.2) is 11.0 Å². The van der Waals surface area contributed by atoms with Gasteiger partial charge in [-0.1, -0.05) is 68.9 Å². The number of aromatic nitrogens is 3. The number of anilines is 1. The standard InChI is InChI=1S/C33H35F3N6O2S/c1-5-28(38-31(43)39-32-41(17-6-18-45-32)29-19-22(4)7-16-27(29)21(2)3)23-8-10-24(11-9-23)30-37-20-42(40-30)25-12-14-26(15-13-25)44-33(34,35)36/h7-16,19-21,28H,5-6,17-18H2,1-4H3,(H,38,43). The predicted molar refractivity (Wildman–Crippen MR) is 172 cm³/mol. The third-order valence-corrected chi connectivity index (χ3v) is 8.45. The molecule has 236 valence electrons. The third-order valence-electron chi connectivity index (χ3n) is 7.39. The minimum absolute atomic E-state index is 0.244. The number of thioether (sulfide) groups is 1. The van der Waals surface area contributed by atoms with Gasteiger partial charge in [0.2, 0.25) is 0 Å². The second-order valence-electron chi connectivity index (χ2n) is 11.1. The smallest absolute Gasteiger partial charge is 0.406 e. The Morgan fingerprint density at radius 3 is 2.49 bits per heavy atom. The lowest BCUT2D eigenvalue weighted by Crippen LogP contribution is -2.37. The Balaban J connectivity index is 1.27. The normalized spacial score (nSPS) is 15.4. The van der Waals surface area contributed by atoms with E-state index in [-0.39, 0.29) is 17.8 Å². The number of hydrogen-bond acceptors (Lipinski definition) is 5. The fraction of sp³-hybridized carbons (Fsp3) is 0.333. The Labute approximate surface area is 264 Å². The molecule has 45 heavy (non-hydrogen) atoms. The lowest BCUT2D eigenvalue weighted by atomic mass is 9.98. The van der Waals surface area contributed by atoms with Gasteiger partial charge < -0.3 is 15.0 Å². The molecule has 0 aliphatic carbocycles. The molecule has 8 nitrogen and oxygen atoms in total. The minimum atomic E-state index is -4.75. The summed E-state index contributed by atoms with van der Waals surface area (Å²) >= 11 is 1.60. The van der Waals surface area contributed by atoms with Crippen LogP contribution in [0.4, 0.5) is 23.7 Å². The van der Waals surface area contributed by atoms with Gasteiger partial charge in [0.25, 0.3) is 0 Å². The van der Waals surface area contributed by atoms with Gasteiger partial charge >= 0.3 is 12.4 Å². The van der Waals surface area contributed by atoms with Gasteiger partial charge in [-0.05, 0) is 72.7 Å². The summed E-state index contributed by atoms with van der Waals surface area (Å²) in [5.74, 6) is 1.39. The summed E-state index contributed by atoms with van der Waals surface area (Å²) < 4.78 is 42.8. The highest BCUT2D eigenvalue weighted by Gasteiger charge is 2.31. The van der Waals surface area contributed by atoms with Crippen molar-refractivity contribution in [3.63, 3.8) is 0 Å². The zero-order chi connectivity index (χ0) is 32.1. The summed E-state index contributed by atoms with van der Waals surface area (Å²) in [6, 6.07) is 18.8. The summed E-state index contributed by atoms with van der Waals surface area (Å²) in [4.78, 5) is 24.3. The number of rotatable bonds is 8. The molecule has 1 aliphatic heterocycles. The maximum atomic E-state index is 13.2. The number of hydrogen-bond donors (Lipinski definition) is 1. The molecule has 1 aromatic heterocycles. The first-order valence-corrected chi connectivity index (χ1v) is 15.8. The Bertz CT molecular complexity index is 1650. The number of aliphatic imine (C=N–C) groups is 1.